The average Bonchev–Trinajstić information content (AvgIpc) is 3.18. The molecule has 0 bridgehead atoms. The van der Waals surface area contributed by atoms with Gasteiger partial charge in [0.1, 0.15) is 0 Å². The summed E-state index contributed by atoms with van der Waals surface area (Å²) in [4.78, 5) is 33.3. The molecule has 0 aliphatic rings. The second kappa shape index (κ2) is 8.52. The zero-order chi connectivity index (χ0) is 21.1. The Balaban J connectivity index is 1.56. The number of thiophene rings is 1. The van der Waals surface area contributed by atoms with E-state index in [4.69, 9.17) is 5.73 Å². The third-order valence-corrected chi connectivity index (χ3v) is 6.06. The topological polar surface area (TPSA) is 110 Å². The number of anilines is 2. The van der Waals surface area contributed by atoms with Crippen LogP contribution in [0.25, 0.3) is 21.3 Å². The summed E-state index contributed by atoms with van der Waals surface area (Å²) in [7, 11) is 0. The van der Waals surface area contributed by atoms with Crippen LogP contribution in [-0.2, 0) is 4.79 Å². The normalized spacial score (nSPS) is 10.7. The van der Waals surface area contributed by atoms with Gasteiger partial charge in [0.2, 0.25) is 5.91 Å². The van der Waals surface area contributed by atoms with Crippen molar-refractivity contribution < 1.29 is 9.59 Å². The number of nitrogens with zero attached hydrogens (tertiary/aromatic N) is 2. The van der Waals surface area contributed by atoms with Crippen LogP contribution in [-0.4, -0.2) is 21.8 Å². The number of amides is 2. The molecule has 0 spiro atoms. The van der Waals surface area contributed by atoms with Crippen molar-refractivity contribution in [2.75, 3.05) is 11.1 Å². The highest BCUT2D eigenvalue weighted by Crippen LogP contribution is 2.33. The van der Waals surface area contributed by atoms with E-state index in [0.717, 1.165) is 20.5 Å². The Kier molecular flexibility index (Phi) is 5.64. The van der Waals surface area contributed by atoms with Gasteiger partial charge in [-0.05, 0) is 42.3 Å². The monoisotopic (exact) mass is 435 g/mol. The van der Waals surface area contributed by atoms with E-state index < -0.39 is 5.91 Å². The molecular formula is C21H17N5O2S2. The van der Waals surface area contributed by atoms with Crippen LogP contribution in [0.15, 0.2) is 65.0 Å². The van der Waals surface area contributed by atoms with Crippen molar-refractivity contribution in [3.05, 3.63) is 65.8 Å². The summed E-state index contributed by atoms with van der Waals surface area (Å²) >= 11 is 2.81. The summed E-state index contributed by atoms with van der Waals surface area (Å²) < 4.78 is 3.78. The fourth-order valence-electron chi connectivity index (χ4n) is 2.80. The molecule has 2 heterocycles. The second-order valence-corrected chi connectivity index (χ2v) is 8.16. The van der Waals surface area contributed by atoms with Crippen molar-refractivity contribution in [3.8, 4) is 11.3 Å². The smallest absolute Gasteiger partial charge is 0.278 e. The molecular weight excluding hydrogens is 418 g/mol. The van der Waals surface area contributed by atoms with Crippen molar-refractivity contribution in [2.24, 2.45) is 0 Å². The first-order chi connectivity index (χ1) is 14.5. The number of nitrogens with one attached hydrogen (secondary N) is 2. The fraction of sp³-hybridized carbons (Fsp3) is 0.0476. The summed E-state index contributed by atoms with van der Waals surface area (Å²) in [6.45, 7) is 1.44. The lowest BCUT2D eigenvalue weighted by molar-refractivity contribution is -0.117. The number of carbonyl (C=O) groups is 2. The Bertz CT molecular complexity index is 1240. The molecule has 2 aromatic carbocycles. The predicted octanol–water partition coefficient (Wildman–Crippen LogP) is 4.34. The minimum Gasteiger partial charge on any atom is -0.382 e. The molecule has 0 atom stereocenters. The van der Waals surface area contributed by atoms with Gasteiger partial charge in [-0.1, -0.05) is 18.2 Å². The van der Waals surface area contributed by atoms with Gasteiger partial charge in [0.05, 0.1) is 11.9 Å². The van der Waals surface area contributed by atoms with Crippen LogP contribution in [0, 0.1) is 0 Å². The minimum absolute atomic E-state index is 0.0635. The number of rotatable bonds is 5. The van der Waals surface area contributed by atoms with E-state index in [1.165, 1.54) is 18.9 Å². The lowest BCUT2D eigenvalue weighted by Crippen LogP contribution is -2.17. The first-order valence-corrected chi connectivity index (χ1v) is 10.6. The highest BCUT2D eigenvalue weighted by molar-refractivity contribution is 7.98. The number of nitrogens with two attached hydrogens (primary N) is 1. The molecule has 0 fully saturated rings. The average molecular weight is 436 g/mol. The van der Waals surface area contributed by atoms with Crippen molar-refractivity contribution in [1.82, 2.24) is 14.7 Å². The molecule has 4 rings (SSSR count). The highest BCUT2D eigenvalue weighted by Gasteiger charge is 2.16. The molecule has 9 heteroatoms. The van der Waals surface area contributed by atoms with Gasteiger partial charge in [-0.2, -0.15) is 0 Å². The van der Waals surface area contributed by atoms with Gasteiger partial charge in [0, 0.05) is 38.5 Å². The first-order valence-electron chi connectivity index (χ1n) is 8.95. The minimum atomic E-state index is -0.441. The second-order valence-electron chi connectivity index (χ2n) is 6.37. The van der Waals surface area contributed by atoms with Crippen molar-refractivity contribution >= 4 is 56.7 Å². The van der Waals surface area contributed by atoms with Crippen molar-refractivity contribution in [1.29, 1.82) is 0 Å². The van der Waals surface area contributed by atoms with Crippen LogP contribution in [0.5, 0.6) is 0 Å². The number of hydrogen-bond donors (Lipinski definition) is 3. The molecule has 2 amide bonds. The molecule has 7 nitrogen and oxygen atoms in total. The molecule has 0 saturated carbocycles. The van der Waals surface area contributed by atoms with Crippen LogP contribution < -0.4 is 15.8 Å². The number of benzene rings is 2. The highest BCUT2D eigenvalue weighted by atomic mass is 32.2. The lowest BCUT2D eigenvalue weighted by atomic mass is 10.1. The first kappa shape index (κ1) is 19.9. The molecule has 0 aliphatic carbocycles. The van der Waals surface area contributed by atoms with Gasteiger partial charge in [0.25, 0.3) is 5.91 Å². The van der Waals surface area contributed by atoms with Crippen LogP contribution in [0.3, 0.4) is 0 Å². The Morgan fingerprint density at radius 3 is 2.63 bits per heavy atom. The van der Waals surface area contributed by atoms with Gasteiger partial charge >= 0.3 is 0 Å². The molecule has 0 aliphatic heterocycles. The summed E-state index contributed by atoms with van der Waals surface area (Å²) in [5.41, 5.74) is 8.08. The quantitative estimate of drug-likeness (QED) is 0.402. The fourth-order valence-corrected chi connectivity index (χ4v) is 4.29. The van der Waals surface area contributed by atoms with E-state index in [-0.39, 0.29) is 17.4 Å². The zero-order valence-corrected chi connectivity index (χ0v) is 17.5. The molecule has 4 N–H and O–H groups in total. The number of nitrogen functional groups attached to an aromatic ring is 1. The lowest BCUT2D eigenvalue weighted by Gasteiger charge is -2.09. The van der Waals surface area contributed by atoms with Crippen LogP contribution in [0.2, 0.25) is 0 Å². The van der Waals surface area contributed by atoms with E-state index in [2.05, 4.69) is 20.0 Å². The Labute approximate surface area is 180 Å². The van der Waals surface area contributed by atoms with Gasteiger partial charge in [-0.3, -0.25) is 14.3 Å². The Morgan fingerprint density at radius 1 is 1.10 bits per heavy atom. The maximum atomic E-state index is 12.8. The SMILES string of the molecule is CC(=O)NSc1ccc(NC(=O)c2nc(-c3csc4ccccc34)cnc2N)cc1. The van der Waals surface area contributed by atoms with Crippen LogP contribution in [0.1, 0.15) is 17.4 Å². The summed E-state index contributed by atoms with van der Waals surface area (Å²) in [5, 5.41) is 5.84. The van der Waals surface area contributed by atoms with E-state index >= 15 is 0 Å². The molecule has 4 aromatic rings. The van der Waals surface area contributed by atoms with E-state index in [9.17, 15) is 9.59 Å². The molecule has 0 unspecified atom stereocenters. The Hall–Kier alpha value is -3.43. The molecule has 30 heavy (non-hydrogen) atoms. The van der Waals surface area contributed by atoms with Gasteiger partial charge in [0.15, 0.2) is 11.5 Å². The summed E-state index contributed by atoms with van der Waals surface area (Å²) in [6, 6.07) is 15.1. The molecule has 0 radical (unpaired) electrons. The van der Waals surface area contributed by atoms with Crippen LogP contribution >= 0.6 is 23.3 Å². The largest absolute Gasteiger partial charge is 0.382 e. The predicted molar refractivity (Wildman–Crippen MR) is 121 cm³/mol. The maximum Gasteiger partial charge on any atom is 0.278 e. The van der Waals surface area contributed by atoms with Crippen molar-refractivity contribution in [2.45, 2.75) is 11.8 Å². The summed E-state index contributed by atoms with van der Waals surface area (Å²) in [5.74, 6) is -0.512. The standard InChI is InChI=1S/C21H17N5O2S2/c1-12(27)26-30-14-8-6-13(7-9-14)24-21(28)19-20(22)23-10-17(25-19)16-11-29-18-5-3-2-4-15(16)18/h2-11H,1H3,(H2,22,23)(H,24,28)(H,26,27). The zero-order valence-electron chi connectivity index (χ0n) is 15.9. The third-order valence-electron chi connectivity index (χ3n) is 4.20. The van der Waals surface area contributed by atoms with Crippen LogP contribution in [0.4, 0.5) is 11.5 Å². The van der Waals surface area contributed by atoms with Gasteiger partial charge in [-0.15, -0.1) is 11.3 Å². The molecule has 0 saturated heterocycles. The molecule has 150 valence electrons. The van der Waals surface area contributed by atoms with E-state index in [0.29, 0.717) is 11.4 Å². The third kappa shape index (κ3) is 4.27. The Morgan fingerprint density at radius 2 is 1.87 bits per heavy atom. The number of aromatic nitrogens is 2. The number of carbonyl (C=O) groups excluding carboxylic acids is 2. The molecule has 2 aromatic heterocycles. The number of fused-ring (bicyclic) bond motifs is 1. The maximum absolute atomic E-state index is 12.8. The number of hydrogen-bond acceptors (Lipinski definition) is 7. The summed E-state index contributed by atoms with van der Waals surface area (Å²) in [6.07, 6.45) is 1.58. The van der Waals surface area contributed by atoms with Gasteiger partial charge in [-0.25, -0.2) is 9.97 Å². The van der Waals surface area contributed by atoms with Gasteiger partial charge < -0.3 is 11.1 Å². The van der Waals surface area contributed by atoms with Crippen molar-refractivity contribution in [3.63, 3.8) is 0 Å². The van der Waals surface area contributed by atoms with E-state index in [1.54, 1.807) is 41.8 Å². The van der Waals surface area contributed by atoms with E-state index in [1.807, 2.05) is 29.6 Å².